The van der Waals surface area contributed by atoms with Gasteiger partial charge in [-0.3, -0.25) is 14.4 Å². The second-order valence-electron chi connectivity index (χ2n) is 7.62. The van der Waals surface area contributed by atoms with Crippen LogP contribution in [-0.4, -0.2) is 28.1 Å². The monoisotopic (exact) mass is 411 g/mol. The number of hydrogen-bond acceptors (Lipinski definition) is 4. The Balaban J connectivity index is 1.70. The lowest BCUT2D eigenvalue weighted by atomic mass is 9.51. The molecule has 0 saturated heterocycles. The van der Waals surface area contributed by atoms with Gasteiger partial charge in [-0.1, -0.05) is 43.7 Å². The lowest BCUT2D eigenvalue weighted by Crippen LogP contribution is -2.61. The van der Waals surface area contributed by atoms with Crippen molar-refractivity contribution in [1.29, 1.82) is 0 Å². The van der Waals surface area contributed by atoms with Crippen molar-refractivity contribution in [2.75, 3.05) is 0 Å². The van der Waals surface area contributed by atoms with Gasteiger partial charge in [0.1, 0.15) is 11.5 Å². The molecule has 158 valence electrons. The fourth-order valence-electron chi connectivity index (χ4n) is 4.25. The van der Waals surface area contributed by atoms with Crippen molar-refractivity contribution in [2.45, 2.75) is 32.7 Å². The van der Waals surface area contributed by atoms with Crippen molar-refractivity contribution in [3.63, 3.8) is 0 Å². The average molecular weight is 411 g/mol. The standard InChI is InChI=1S/C23H25NO6/c1-2-11-23(13-18(20(25)26)19(23)21(27)28)22(29)24-14-15-7-6-10-17(12-15)30-16-8-4-3-5-9-16/h3-10,12,18-19H,2,11,13-14H2,1H3,(H,24,29)(H,25,26)(H,27,28). The zero-order valence-corrected chi connectivity index (χ0v) is 16.7. The van der Waals surface area contributed by atoms with Gasteiger partial charge in [-0.05, 0) is 42.7 Å². The summed E-state index contributed by atoms with van der Waals surface area (Å²) in [6.07, 6.45) is 0.955. The molecule has 0 radical (unpaired) electrons. The van der Waals surface area contributed by atoms with Crippen molar-refractivity contribution >= 4 is 17.8 Å². The minimum Gasteiger partial charge on any atom is -0.481 e. The predicted molar refractivity (Wildman–Crippen MR) is 109 cm³/mol. The second kappa shape index (κ2) is 8.98. The molecule has 0 heterocycles. The van der Waals surface area contributed by atoms with E-state index < -0.39 is 35.1 Å². The molecule has 3 N–H and O–H groups in total. The molecule has 3 unspecified atom stereocenters. The van der Waals surface area contributed by atoms with Crippen molar-refractivity contribution in [3.05, 3.63) is 60.2 Å². The minimum absolute atomic E-state index is 0.0378. The number of hydrogen-bond donors (Lipinski definition) is 3. The SMILES string of the molecule is CCCC1(C(=O)NCc2cccc(Oc3ccccc3)c2)CC(C(=O)O)C1C(=O)O. The summed E-state index contributed by atoms with van der Waals surface area (Å²) in [5, 5.41) is 21.7. The lowest BCUT2D eigenvalue weighted by molar-refractivity contribution is -0.183. The first-order chi connectivity index (χ1) is 14.4. The molecule has 1 aliphatic rings. The van der Waals surface area contributed by atoms with E-state index in [0.29, 0.717) is 24.3 Å². The van der Waals surface area contributed by atoms with Crippen LogP contribution in [0, 0.1) is 17.3 Å². The van der Waals surface area contributed by atoms with Crippen LogP contribution in [0.5, 0.6) is 11.5 Å². The summed E-state index contributed by atoms with van der Waals surface area (Å²) in [5.74, 6) is -3.77. The third kappa shape index (κ3) is 4.30. The summed E-state index contributed by atoms with van der Waals surface area (Å²) >= 11 is 0. The van der Waals surface area contributed by atoms with Crippen LogP contribution >= 0.6 is 0 Å². The van der Waals surface area contributed by atoms with Gasteiger partial charge in [0.15, 0.2) is 0 Å². The minimum atomic E-state index is -1.24. The second-order valence-corrected chi connectivity index (χ2v) is 7.62. The normalized spacial score (nSPS) is 22.6. The summed E-state index contributed by atoms with van der Waals surface area (Å²) in [5.41, 5.74) is -0.397. The molecule has 3 rings (SSSR count). The molecule has 2 aromatic carbocycles. The zero-order chi connectivity index (χ0) is 21.7. The maximum atomic E-state index is 13.0. The van der Waals surface area contributed by atoms with Crippen LogP contribution in [-0.2, 0) is 20.9 Å². The highest BCUT2D eigenvalue weighted by molar-refractivity contribution is 5.94. The topological polar surface area (TPSA) is 113 Å². The number of nitrogens with one attached hydrogen (secondary N) is 1. The highest BCUT2D eigenvalue weighted by Crippen LogP contribution is 2.54. The van der Waals surface area contributed by atoms with Crippen LogP contribution < -0.4 is 10.1 Å². The van der Waals surface area contributed by atoms with E-state index in [9.17, 15) is 24.6 Å². The Labute approximate surface area is 174 Å². The molecule has 1 aliphatic carbocycles. The summed E-state index contributed by atoms with van der Waals surface area (Å²) < 4.78 is 5.80. The molecule has 1 amide bonds. The molecule has 7 heteroatoms. The quantitative estimate of drug-likeness (QED) is 0.580. The van der Waals surface area contributed by atoms with Crippen LogP contribution in [0.25, 0.3) is 0 Å². The molecule has 1 saturated carbocycles. The van der Waals surface area contributed by atoms with Gasteiger partial charge in [-0.15, -0.1) is 0 Å². The first kappa shape index (κ1) is 21.4. The number of carboxylic acids is 2. The molecule has 0 bridgehead atoms. The highest BCUT2D eigenvalue weighted by atomic mass is 16.5. The van der Waals surface area contributed by atoms with E-state index in [1.165, 1.54) is 0 Å². The van der Waals surface area contributed by atoms with Crippen LogP contribution in [0.15, 0.2) is 54.6 Å². The number of carbonyl (C=O) groups excluding carboxylic acids is 1. The van der Waals surface area contributed by atoms with E-state index in [-0.39, 0.29) is 13.0 Å². The molecule has 0 aliphatic heterocycles. The number of carboxylic acid groups (broad SMARTS) is 2. The van der Waals surface area contributed by atoms with E-state index in [1.807, 2.05) is 49.4 Å². The van der Waals surface area contributed by atoms with Gasteiger partial charge < -0.3 is 20.3 Å². The van der Waals surface area contributed by atoms with Crippen LogP contribution in [0.3, 0.4) is 0 Å². The predicted octanol–water partition coefficient (Wildman–Crippen LogP) is 3.69. The Kier molecular flexibility index (Phi) is 6.40. The van der Waals surface area contributed by atoms with Crippen molar-refractivity contribution in [2.24, 2.45) is 17.3 Å². The summed E-state index contributed by atoms with van der Waals surface area (Å²) in [4.78, 5) is 36.1. The molecule has 0 aromatic heterocycles. The molecule has 0 spiro atoms. The summed E-state index contributed by atoms with van der Waals surface area (Å²) in [6, 6.07) is 16.6. The number of amides is 1. The Morgan fingerprint density at radius 3 is 2.37 bits per heavy atom. The number of ether oxygens (including phenoxy) is 1. The Bertz CT molecular complexity index is 928. The Morgan fingerprint density at radius 1 is 1.03 bits per heavy atom. The average Bonchev–Trinajstić information content (AvgIpc) is 2.69. The fraction of sp³-hybridized carbons (Fsp3) is 0.348. The van der Waals surface area contributed by atoms with Gasteiger partial charge in [-0.2, -0.15) is 0 Å². The van der Waals surface area contributed by atoms with Gasteiger partial charge in [0.25, 0.3) is 0 Å². The van der Waals surface area contributed by atoms with Gasteiger partial charge >= 0.3 is 11.9 Å². The summed E-state index contributed by atoms with van der Waals surface area (Å²) in [6.45, 7) is 2.05. The molecular weight excluding hydrogens is 386 g/mol. The van der Waals surface area contributed by atoms with Gasteiger partial charge in [0.05, 0.1) is 17.3 Å². The summed E-state index contributed by atoms with van der Waals surface area (Å²) in [7, 11) is 0. The van der Waals surface area contributed by atoms with Crippen LogP contribution in [0.4, 0.5) is 0 Å². The largest absolute Gasteiger partial charge is 0.481 e. The molecule has 30 heavy (non-hydrogen) atoms. The molecule has 1 fully saturated rings. The van der Waals surface area contributed by atoms with Crippen molar-refractivity contribution in [1.82, 2.24) is 5.32 Å². The van der Waals surface area contributed by atoms with Gasteiger partial charge in [-0.25, -0.2) is 0 Å². The Hall–Kier alpha value is -3.35. The maximum absolute atomic E-state index is 13.0. The van der Waals surface area contributed by atoms with Gasteiger partial charge in [0.2, 0.25) is 5.91 Å². The smallest absolute Gasteiger partial charge is 0.308 e. The third-order valence-corrected chi connectivity index (χ3v) is 5.64. The molecular formula is C23H25NO6. The van der Waals surface area contributed by atoms with E-state index in [2.05, 4.69) is 5.32 Å². The van der Waals surface area contributed by atoms with E-state index in [1.54, 1.807) is 12.1 Å². The Morgan fingerprint density at radius 2 is 1.73 bits per heavy atom. The molecule has 7 nitrogen and oxygen atoms in total. The number of rotatable bonds is 9. The first-order valence-corrected chi connectivity index (χ1v) is 9.93. The lowest BCUT2D eigenvalue weighted by Gasteiger charge is -2.49. The molecule has 2 aromatic rings. The zero-order valence-electron chi connectivity index (χ0n) is 16.7. The van der Waals surface area contributed by atoms with E-state index >= 15 is 0 Å². The fourth-order valence-corrected chi connectivity index (χ4v) is 4.25. The van der Waals surface area contributed by atoms with Crippen molar-refractivity contribution in [3.8, 4) is 11.5 Å². The number of benzene rings is 2. The van der Waals surface area contributed by atoms with E-state index in [0.717, 1.165) is 5.56 Å². The number of carbonyl (C=O) groups is 3. The number of para-hydroxylation sites is 1. The molecule has 3 atom stereocenters. The van der Waals surface area contributed by atoms with Crippen LogP contribution in [0.2, 0.25) is 0 Å². The van der Waals surface area contributed by atoms with Gasteiger partial charge in [0, 0.05) is 6.54 Å². The third-order valence-electron chi connectivity index (χ3n) is 5.64. The van der Waals surface area contributed by atoms with Crippen LogP contribution in [0.1, 0.15) is 31.7 Å². The first-order valence-electron chi connectivity index (χ1n) is 9.93. The highest BCUT2D eigenvalue weighted by Gasteiger charge is 2.63. The van der Waals surface area contributed by atoms with Crippen molar-refractivity contribution < 1.29 is 29.3 Å². The maximum Gasteiger partial charge on any atom is 0.308 e. The number of aliphatic carboxylic acids is 2. The van der Waals surface area contributed by atoms with E-state index in [4.69, 9.17) is 4.74 Å².